The van der Waals surface area contributed by atoms with Gasteiger partial charge >= 0.3 is 11.7 Å². The molecule has 10 heteroatoms. The molecule has 3 rings (SSSR count). The molecule has 7 nitrogen and oxygen atoms in total. The lowest BCUT2D eigenvalue weighted by Gasteiger charge is -2.16. The third-order valence-corrected chi connectivity index (χ3v) is 5.63. The van der Waals surface area contributed by atoms with Crippen LogP contribution >= 0.6 is 11.3 Å². The van der Waals surface area contributed by atoms with E-state index in [1.54, 1.807) is 18.2 Å². The molecule has 0 bridgehead atoms. The number of aromatic amines is 1. The Kier molecular flexibility index (Phi) is 6.35. The van der Waals surface area contributed by atoms with Gasteiger partial charge in [0, 0.05) is 16.3 Å². The molecule has 0 saturated heterocycles. The SMILES string of the molecule is COC(=O)c1ccc(-c2ccc(C(C/C(=C\F)CN)n3cn[nH]c3=O)s2)cc1F. The lowest BCUT2D eigenvalue weighted by molar-refractivity contribution is 0.0595. The van der Waals surface area contributed by atoms with Crippen LogP contribution in [0.2, 0.25) is 0 Å². The number of carbonyl (C=O) groups excluding carboxylic acids is 1. The number of nitrogens with one attached hydrogen (secondary N) is 1. The largest absolute Gasteiger partial charge is 0.465 e. The van der Waals surface area contributed by atoms with Gasteiger partial charge in [-0.3, -0.25) is 4.57 Å². The van der Waals surface area contributed by atoms with Crippen LogP contribution in [0.25, 0.3) is 10.4 Å². The highest BCUT2D eigenvalue weighted by Crippen LogP contribution is 2.35. The Morgan fingerprint density at radius 1 is 1.41 bits per heavy atom. The van der Waals surface area contributed by atoms with Gasteiger partial charge in [0.2, 0.25) is 0 Å². The summed E-state index contributed by atoms with van der Waals surface area (Å²) >= 11 is 1.32. The van der Waals surface area contributed by atoms with Gasteiger partial charge < -0.3 is 10.5 Å². The van der Waals surface area contributed by atoms with Gasteiger partial charge in [-0.1, -0.05) is 6.07 Å². The normalized spacial score (nSPS) is 12.8. The summed E-state index contributed by atoms with van der Waals surface area (Å²) in [5, 5.41) is 6.05. The van der Waals surface area contributed by atoms with Crippen LogP contribution < -0.4 is 11.4 Å². The average Bonchev–Trinajstić information content (AvgIpc) is 3.38. The molecule has 1 aromatic carbocycles. The standard InChI is InChI=1S/C19H18F2N4O3S/c1-28-18(26)13-3-2-12(7-14(13)21)16-4-5-17(29-16)15(6-11(8-20)9-22)25-10-23-24-19(25)27/h2-5,7-8,10,15H,6,9,22H2,1H3,(H,24,27)/b11-8+. The van der Waals surface area contributed by atoms with E-state index < -0.39 is 23.5 Å². The van der Waals surface area contributed by atoms with Crippen molar-refractivity contribution in [2.45, 2.75) is 12.5 Å². The van der Waals surface area contributed by atoms with Crippen molar-refractivity contribution in [3.63, 3.8) is 0 Å². The van der Waals surface area contributed by atoms with Crippen LogP contribution in [0.3, 0.4) is 0 Å². The van der Waals surface area contributed by atoms with Gasteiger partial charge in [-0.2, -0.15) is 5.10 Å². The van der Waals surface area contributed by atoms with Crippen molar-refractivity contribution < 1.29 is 18.3 Å². The molecule has 0 spiro atoms. The number of hydrogen-bond donors (Lipinski definition) is 2. The predicted molar refractivity (Wildman–Crippen MR) is 105 cm³/mol. The first kappa shape index (κ1) is 20.6. The maximum absolute atomic E-state index is 14.3. The Labute approximate surface area is 168 Å². The first-order valence-corrected chi connectivity index (χ1v) is 9.37. The van der Waals surface area contributed by atoms with Gasteiger partial charge in [0.25, 0.3) is 0 Å². The zero-order valence-electron chi connectivity index (χ0n) is 15.4. The second-order valence-corrected chi connectivity index (χ2v) is 7.26. The number of carbonyl (C=O) groups is 1. The molecule has 2 heterocycles. The van der Waals surface area contributed by atoms with Crippen molar-refractivity contribution in [3.05, 3.63) is 75.3 Å². The minimum Gasteiger partial charge on any atom is -0.465 e. The smallest absolute Gasteiger partial charge is 0.343 e. The number of hydrogen-bond acceptors (Lipinski definition) is 6. The number of ether oxygens (including phenoxy) is 1. The summed E-state index contributed by atoms with van der Waals surface area (Å²) in [6.07, 6.45) is 1.96. The van der Waals surface area contributed by atoms with Crippen molar-refractivity contribution in [2.75, 3.05) is 13.7 Å². The molecule has 1 unspecified atom stereocenters. The lowest BCUT2D eigenvalue weighted by Crippen LogP contribution is -2.23. The summed E-state index contributed by atoms with van der Waals surface area (Å²) < 4.78 is 33.3. The zero-order valence-corrected chi connectivity index (χ0v) is 16.2. The number of halogens is 2. The molecule has 0 saturated carbocycles. The van der Waals surface area contributed by atoms with Crippen LogP contribution in [-0.2, 0) is 4.74 Å². The first-order chi connectivity index (χ1) is 14.0. The van der Waals surface area contributed by atoms with Crippen molar-refractivity contribution in [2.24, 2.45) is 5.73 Å². The Morgan fingerprint density at radius 2 is 2.21 bits per heavy atom. The van der Waals surface area contributed by atoms with Crippen molar-refractivity contribution in [1.29, 1.82) is 0 Å². The number of benzene rings is 1. The molecule has 29 heavy (non-hydrogen) atoms. The molecule has 3 aromatic rings. The Morgan fingerprint density at radius 3 is 2.79 bits per heavy atom. The molecule has 0 aliphatic rings. The number of nitrogens with zero attached hydrogens (tertiary/aromatic N) is 2. The quantitative estimate of drug-likeness (QED) is 0.572. The highest BCUT2D eigenvalue weighted by molar-refractivity contribution is 7.15. The van der Waals surface area contributed by atoms with E-state index in [1.807, 2.05) is 0 Å². The van der Waals surface area contributed by atoms with Gasteiger partial charge in [-0.25, -0.2) is 23.5 Å². The highest BCUT2D eigenvalue weighted by Gasteiger charge is 2.21. The molecular formula is C19H18F2N4O3S. The molecule has 1 atom stereocenters. The Bertz CT molecular complexity index is 1100. The minimum atomic E-state index is -0.757. The molecule has 2 aromatic heterocycles. The van der Waals surface area contributed by atoms with E-state index in [-0.39, 0.29) is 18.5 Å². The number of thiophene rings is 1. The van der Waals surface area contributed by atoms with Crippen LogP contribution in [-0.4, -0.2) is 34.4 Å². The second kappa shape index (κ2) is 8.93. The summed E-state index contributed by atoms with van der Waals surface area (Å²) in [7, 11) is 1.18. The summed E-state index contributed by atoms with van der Waals surface area (Å²) in [5.74, 6) is -1.45. The highest BCUT2D eigenvalue weighted by atomic mass is 32.1. The van der Waals surface area contributed by atoms with Gasteiger partial charge in [-0.05, 0) is 41.8 Å². The van der Waals surface area contributed by atoms with Gasteiger partial charge in [0.05, 0.1) is 25.0 Å². The van der Waals surface area contributed by atoms with Crippen molar-refractivity contribution >= 4 is 17.3 Å². The summed E-state index contributed by atoms with van der Waals surface area (Å²) in [4.78, 5) is 25.1. The molecule has 0 aliphatic heterocycles. The van der Waals surface area contributed by atoms with Gasteiger partial charge in [0.1, 0.15) is 12.1 Å². The third-order valence-electron chi connectivity index (χ3n) is 4.40. The number of rotatable bonds is 7. The third kappa shape index (κ3) is 4.33. The molecule has 0 amide bonds. The number of esters is 1. The van der Waals surface area contributed by atoms with Crippen LogP contribution in [0.15, 0.2) is 53.4 Å². The van der Waals surface area contributed by atoms with Gasteiger partial charge in [0.15, 0.2) is 0 Å². The Balaban J connectivity index is 1.97. The van der Waals surface area contributed by atoms with E-state index in [4.69, 9.17) is 5.73 Å². The fraction of sp³-hybridized carbons (Fsp3) is 0.211. The van der Waals surface area contributed by atoms with Gasteiger partial charge in [-0.15, -0.1) is 11.3 Å². The topological polar surface area (TPSA) is 103 Å². The summed E-state index contributed by atoms with van der Waals surface area (Å²) in [6, 6.07) is 7.23. The maximum atomic E-state index is 14.3. The van der Waals surface area contributed by atoms with Crippen LogP contribution in [0.4, 0.5) is 8.78 Å². The Hall–Kier alpha value is -3.11. The van der Waals surface area contributed by atoms with E-state index in [0.29, 0.717) is 17.5 Å². The number of H-pyrrole nitrogens is 1. The molecule has 0 fully saturated rings. The van der Waals surface area contributed by atoms with E-state index in [1.165, 1.54) is 41.5 Å². The number of nitrogens with two attached hydrogens (primary N) is 1. The maximum Gasteiger partial charge on any atom is 0.343 e. The first-order valence-electron chi connectivity index (χ1n) is 8.56. The second-order valence-electron chi connectivity index (χ2n) is 6.15. The predicted octanol–water partition coefficient (Wildman–Crippen LogP) is 3.02. The number of methoxy groups -OCH3 is 1. The molecule has 152 valence electrons. The van der Waals surface area contributed by atoms with Crippen molar-refractivity contribution in [3.8, 4) is 10.4 Å². The van der Waals surface area contributed by atoms with E-state index in [2.05, 4.69) is 14.9 Å². The monoisotopic (exact) mass is 420 g/mol. The van der Waals surface area contributed by atoms with Crippen molar-refractivity contribution in [1.82, 2.24) is 14.8 Å². The van der Waals surface area contributed by atoms with E-state index in [0.717, 1.165) is 9.75 Å². The zero-order chi connectivity index (χ0) is 21.0. The minimum absolute atomic E-state index is 0.0119. The molecule has 3 N–H and O–H groups in total. The summed E-state index contributed by atoms with van der Waals surface area (Å²) in [5.41, 5.74) is 5.88. The lowest BCUT2D eigenvalue weighted by atomic mass is 10.1. The van der Waals surface area contributed by atoms with Crippen LogP contribution in [0, 0.1) is 5.82 Å². The van der Waals surface area contributed by atoms with E-state index >= 15 is 0 Å². The van der Waals surface area contributed by atoms with Crippen LogP contribution in [0.1, 0.15) is 27.7 Å². The molecular weight excluding hydrogens is 402 g/mol. The fourth-order valence-electron chi connectivity index (χ4n) is 2.87. The van der Waals surface area contributed by atoms with E-state index in [9.17, 15) is 18.4 Å². The molecule has 0 radical (unpaired) electrons. The number of aromatic nitrogens is 3. The van der Waals surface area contributed by atoms with Crippen LogP contribution in [0.5, 0.6) is 0 Å². The fourth-order valence-corrected chi connectivity index (χ4v) is 3.97. The summed E-state index contributed by atoms with van der Waals surface area (Å²) in [6.45, 7) is 0.0119. The average molecular weight is 420 g/mol. The molecule has 0 aliphatic carbocycles.